The van der Waals surface area contributed by atoms with E-state index in [9.17, 15) is 9.59 Å². The van der Waals surface area contributed by atoms with E-state index in [1.165, 1.54) is 12.0 Å². The molecule has 22 heavy (non-hydrogen) atoms. The molecule has 2 amide bonds. The zero-order valence-electron chi connectivity index (χ0n) is 12.5. The third kappa shape index (κ3) is 3.63. The number of benzene rings is 2. The fourth-order valence-electron chi connectivity index (χ4n) is 2.02. The number of carbonyl (C=O) groups is 2. The first kappa shape index (κ1) is 15.6. The Balaban J connectivity index is 2.29. The highest BCUT2D eigenvalue weighted by Crippen LogP contribution is 2.24. The van der Waals surface area contributed by atoms with Crippen molar-refractivity contribution >= 4 is 23.4 Å². The van der Waals surface area contributed by atoms with Crippen molar-refractivity contribution < 1.29 is 14.3 Å². The van der Waals surface area contributed by atoms with Crippen LogP contribution in [0.15, 0.2) is 60.7 Å². The molecule has 0 heterocycles. The predicted octanol–water partition coefficient (Wildman–Crippen LogP) is 3.10. The molecule has 0 unspecified atom stereocenters. The molecule has 0 aliphatic rings. The van der Waals surface area contributed by atoms with Crippen LogP contribution in [0.5, 0.6) is 0 Å². The van der Waals surface area contributed by atoms with Crippen LogP contribution in [0.1, 0.15) is 6.92 Å². The summed E-state index contributed by atoms with van der Waals surface area (Å²) in [5, 5.41) is 2.64. The Hall–Kier alpha value is -2.82. The van der Waals surface area contributed by atoms with E-state index in [-0.39, 0.29) is 0 Å². The molecule has 0 bridgehead atoms. The number of carbonyl (C=O) groups excluding carboxylic acids is 2. The second-order valence-corrected chi connectivity index (χ2v) is 4.70. The van der Waals surface area contributed by atoms with Crippen molar-refractivity contribution in [2.24, 2.45) is 0 Å². The van der Waals surface area contributed by atoms with Crippen LogP contribution in [0.3, 0.4) is 0 Å². The van der Waals surface area contributed by atoms with Crippen LogP contribution in [0, 0.1) is 0 Å². The fourth-order valence-corrected chi connectivity index (χ4v) is 2.02. The second-order valence-electron chi connectivity index (χ2n) is 4.70. The van der Waals surface area contributed by atoms with E-state index in [2.05, 4.69) is 10.1 Å². The Bertz CT molecular complexity index is 589. The second kappa shape index (κ2) is 7.26. The molecular formula is C17H18N2O3. The van der Waals surface area contributed by atoms with E-state index < -0.39 is 18.0 Å². The van der Waals surface area contributed by atoms with Crippen LogP contribution in [0.4, 0.5) is 16.2 Å². The van der Waals surface area contributed by atoms with Crippen LogP contribution >= 0.6 is 0 Å². The number of rotatable bonds is 4. The molecule has 2 aromatic carbocycles. The molecule has 2 rings (SSSR count). The summed E-state index contributed by atoms with van der Waals surface area (Å²) < 4.78 is 4.63. The number of anilines is 2. The molecule has 0 radical (unpaired) electrons. The van der Waals surface area contributed by atoms with Crippen LogP contribution < -0.4 is 10.2 Å². The lowest BCUT2D eigenvalue weighted by Crippen LogP contribution is -2.45. The third-order valence-electron chi connectivity index (χ3n) is 3.13. The number of nitrogens with zero attached hydrogens (tertiary/aromatic N) is 1. The number of nitrogens with one attached hydrogen (secondary N) is 1. The fraction of sp³-hybridized carbons (Fsp3) is 0.176. The lowest BCUT2D eigenvalue weighted by molar-refractivity contribution is -0.142. The largest absolute Gasteiger partial charge is 0.467 e. The van der Waals surface area contributed by atoms with Gasteiger partial charge in [-0.1, -0.05) is 36.4 Å². The van der Waals surface area contributed by atoms with Crippen LogP contribution in [-0.2, 0) is 9.53 Å². The molecule has 5 nitrogen and oxygen atoms in total. The lowest BCUT2D eigenvalue weighted by atomic mass is 10.2. The zero-order chi connectivity index (χ0) is 15.9. The topological polar surface area (TPSA) is 58.6 Å². The van der Waals surface area contributed by atoms with Gasteiger partial charge in [-0.15, -0.1) is 0 Å². The van der Waals surface area contributed by atoms with Gasteiger partial charge >= 0.3 is 12.0 Å². The van der Waals surface area contributed by atoms with Gasteiger partial charge in [0.15, 0.2) is 0 Å². The highest BCUT2D eigenvalue weighted by atomic mass is 16.5. The molecule has 1 atom stereocenters. The van der Waals surface area contributed by atoms with E-state index in [0.29, 0.717) is 11.4 Å². The van der Waals surface area contributed by atoms with E-state index in [4.69, 9.17) is 0 Å². The zero-order valence-corrected chi connectivity index (χ0v) is 12.5. The standard InChI is InChI=1S/C17H18N2O3/c1-13(16(20)22-2)18-17(21)19(14-9-5-3-6-10-14)15-11-7-4-8-12-15/h3-13H,1-2H3,(H,18,21)/t13-/m1/s1. The first-order valence-electron chi connectivity index (χ1n) is 6.92. The van der Waals surface area contributed by atoms with Crippen molar-refractivity contribution in [3.8, 4) is 0 Å². The van der Waals surface area contributed by atoms with Gasteiger partial charge < -0.3 is 10.1 Å². The molecule has 1 N–H and O–H groups in total. The number of ether oxygens (including phenoxy) is 1. The van der Waals surface area contributed by atoms with E-state index in [1.54, 1.807) is 6.92 Å². The molecule has 0 spiro atoms. The normalized spacial score (nSPS) is 11.4. The highest BCUT2D eigenvalue weighted by Gasteiger charge is 2.22. The molecule has 0 saturated carbocycles. The van der Waals surface area contributed by atoms with Crippen molar-refractivity contribution in [2.75, 3.05) is 12.0 Å². The summed E-state index contributed by atoms with van der Waals surface area (Å²) in [6.07, 6.45) is 0. The van der Waals surface area contributed by atoms with E-state index >= 15 is 0 Å². The van der Waals surface area contributed by atoms with Gasteiger partial charge in [-0.25, -0.2) is 9.59 Å². The minimum absolute atomic E-state index is 0.393. The van der Waals surface area contributed by atoms with E-state index in [0.717, 1.165) is 0 Å². The number of hydrogen-bond acceptors (Lipinski definition) is 3. The number of amides is 2. The lowest BCUT2D eigenvalue weighted by Gasteiger charge is -2.24. The maximum Gasteiger partial charge on any atom is 0.328 e. The Morgan fingerprint density at radius 3 is 1.82 bits per heavy atom. The molecule has 0 aromatic heterocycles. The predicted molar refractivity (Wildman–Crippen MR) is 85.0 cm³/mol. The van der Waals surface area contributed by atoms with E-state index in [1.807, 2.05) is 60.7 Å². The average Bonchev–Trinajstić information content (AvgIpc) is 2.56. The number of methoxy groups -OCH3 is 1. The summed E-state index contributed by atoms with van der Waals surface area (Å²) >= 11 is 0. The Morgan fingerprint density at radius 2 is 1.41 bits per heavy atom. The molecule has 114 valence electrons. The number of urea groups is 1. The van der Waals surface area contributed by atoms with Crippen molar-refractivity contribution in [1.82, 2.24) is 5.32 Å². The summed E-state index contributed by atoms with van der Waals surface area (Å²) in [5.41, 5.74) is 1.42. The van der Waals surface area contributed by atoms with Gasteiger partial charge in [0.05, 0.1) is 18.5 Å². The first-order valence-corrected chi connectivity index (χ1v) is 6.92. The number of hydrogen-bond donors (Lipinski definition) is 1. The van der Waals surface area contributed by atoms with Gasteiger partial charge in [0, 0.05) is 0 Å². The van der Waals surface area contributed by atoms with Crippen LogP contribution in [0.25, 0.3) is 0 Å². The minimum atomic E-state index is -0.729. The quantitative estimate of drug-likeness (QED) is 0.882. The van der Waals surface area contributed by atoms with Gasteiger partial charge in [-0.3, -0.25) is 4.90 Å². The molecule has 0 aliphatic carbocycles. The van der Waals surface area contributed by atoms with Gasteiger partial charge in [-0.05, 0) is 31.2 Å². The molecule has 5 heteroatoms. The maximum atomic E-state index is 12.6. The summed E-state index contributed by atoms with van der Waals surface area (Å²) in [7, 11) is 1.29. The minimum Gasteiger partial charge on any atom is -0.467 e. The molecule has 0 aliphatic heterocycles. The monoisotopic (exact) mass is 298 g/mol. The maximum absolute atomic E-state index is 12.6. The molecular weight excluding hydrogens is 280 g/mol. The summed E-state index contributed by atoms with van der Waals surface area (Å²) in [6, 6.07) is 17.3. The summed E-state index contributed by atoms with van der Waals surface area (Å²) in [6.45, 7) is 1.58. The van der Waals surface area contributed by atoms with Gasteiger partial charge in [0.25, 0.3) is 0 Å². The number of esters is 1. The van der Waals surface area contributed by atoms with Gasteiger partial charge in [0.2, 0.25) is 0 Å². The Labute approximate surface area is 129 Å². The average molecular weight is 298 g/mol. The van der Waals surface area contributed by atoms with Crippen molar-refractivity contribution in [2.45, 2.75) is 13.0 Å². The SMILES string of the molecule is COC(=O)[C@@H](C)NC(=O)N(c1ccccc1)c1ccccc1. The molecule has 0 saturated heterocycles. The smallest absolute Gasteiger partial charge is 0.328 e. The summed E-state index contributed by atoms with van der Waals surface area (Å²) in [5.74, 6) is -0.491. The van der Waals surface area contributed by atoms with Crippen LogP contribution in [0.2, 0.25) is 0 Å². The third-order valence-corrected chi connectivity index (χ3v) is 3.13. The number of para-hydroxylation sites is 2. The van der Waals surface area contributed by atoms with Crippen molar-refractivity contribution in [3.63, 3.8) is 0 Å². The van der Waals surface area contributed by atoms with Crippen molar-refractivity contribution in [3.05, 3.63) is 60.7 Å². The van der Waals surface area contributed by atoms with Crippen molar-refractivity contribution in [1.29, 1.82) is 0 Å². The molecule has 0 fully saturated rings. The molecule has 2 aromatic rings. The first-order chi connectivity index (χ1) is 10.6. The highest BCUT2D eigenvalue weighted by molar-refractivity contribution is 6.00. The summed E-state index contributed by atoms with van der Waals surface area (Å²) in [4.78, 5) is 25.6. The Morgan fingerprint density at radius 1 is 0.955 bits per heavy atom. The van der Waals surface area contributed by atoms with Gasteiger partial charge in [0.1, 0.15) is 6.04 Å². The van der Waals surface area contributed by atoms with Crippen LogP contribution in [-0.4, -0.2) is 25.2 Å². The Kier molecular flexibility index (Phi) is 5.14. The van der Waals surface area contributed by atoms with Gasteiger partial charge in [-0.2, -0.15) is 0 Å².